The molecule has 1 unspecified atom stereocenters. The number of carbonyl (C=O) groups is 2. The molecule has 0 saturated carbocycles. The lowest BCUT2D eigenvalue weighted by molar-refractivity contribution is -0.149. The Morgan fingerprint density at radius 2 is 2.29 bits per heavy atom. The number of nitrogens with two attached hydrogens (primary N) is 1. The summed E-state index contributed by atoms with van der Waals surface area (Å²) < 4.78 is 0. The molecule has 1 aliphatic rings. The molecular weight excluding hydrogens is 204 g/mol. The molecule has 6 heteroatoms. The van der Waals surface area contributed by atoms with Crippen molar-refractivity contribution in [1.29, 1.82) is 0 Å². The van der Waals surface area contributed by atoms with Crippen molar-refractivity contribution in [2.24, 2.45) is 5.73 Å². The molecule has 1 rings (SSSR count). The largest absolute Gasteiger partial charge is 0.480 e. The summed E-state index contributed by atoms with van der Waals surface area (Å²) in [7, 11) is 0. The van der Waals surface area contributed by atoms with Crippen molar-refractivity contribution in [3.8, 4) is 0 Å². The van der Waals surface area contributed by atoms with E-state index < -0.39 is 18.1 Å². The number of aliphatic carboxylic acids is 1. The number of hydrogen-bond acceptors (Lipinski definition) is 4. The lowest BCUT2D eigenvalue weighted by Crippen LogP contribution is -2.54. The number of carbonyl (C=O) groups excluding carboxylic acids is 1. The van der Waals surface area contributed by atoms with E-state index in [2.05, 4.69) is 0 Å². The summed E-state index contributed by atoms with van der Waals surface area (Å²) in [6.07, 6.45) is 0. The zero-order valence-electron chi connectivity index (χ0n) is 7.97. The molecule has 0 aliphatic carbocycles. The molecule has 80 valence electrons. The van der Waals surface area contributed by atoms with Crippen LogP contribution < -0.4 is 5.73 Å². The third kappa shape index (κ3) is 2.39. The van der Waals surface area contributed by atoms with Crippen molar-refractivity contribution in [2.75, 3.05) is 18.1 Å². The van der Waals surface area contributed by atoms with Crippen LogP contribution in [0.4, 0.5) is 0 Å². The Bertz CT molecular complexity index is 245. The molecule has 0 aromatic rings. The highest BCUT2D eigenvalue weighted by molar-refractivity contribution is 7.99. The van der Waals surface area contributed by atoms with E-state index in [4.69, 9.17) is 10.8 Å². The standard InChI is InChI=1S/C8H14N2O3S/c1-5(9)7(11)10-2-3-14-4-6(10)8(12)13/h5-6H,2-4,9H2,1H3,(H,12,13)/t5-,6?/m0/s1. The minimum Gasteiger partial charge on any atom is -0.480 e. The highest BCUT2D eigenvalue weighted by Crippen LogP contribution is 2.17. The van der Waals surface area contributed by atoms with Crippen LogP contribution >= 0.6 is 11.8 Å². The second-order valence-electron chi connectivity index (χ2n) is 3.25. The first kappa shape index (κ1) is 11.3. The van der Waals surface area contributed by atoms with E-state index in [0.29, 0.717) is 12.3 Å². The van der Waals surface area contributed by atoms with Crippen LogP contribution in [0.3, 0.4) is 0 Å². The van der Waals surface area contributed by atoms with Gasteiger partial charge in [0.05, 0.1) is 6.04 Å². The average Bonchev–Trinajstić information content (AvgIpc) is 2.16. The van der Waals surface area contributed by atoms with Crippen LogP contribution in [0.1, 0.15) is 6.92 Å². The summed E-state index contributed by atoms with van der Waals surface area (Å²) in [5.41, 5.74) is 5.44. The Kier molecular flexibility index (Phi) is 3.77. The summed E-state index contributed by atoms with van der Waals surface area (Å²) in [5, 5.41) is 8.89. The number of carboxylic acid groups (broad SMARTS) is 1. The SMILES string of the molecule is C[C@H](N)C(=O)N1CCSCC1C(=O)O. The van der Waals surface area contributed by atoms with Crippen molar-refractivity contribution in [1.82, 2.24) is 4.90 Å². The van der Waals surface area contributed by atoms with Crippen LogP contribution in [0.25, 0.3) is 0 Å². The number of amides is 1. The molecule has 14 heavy (non-hydrogen) atoms. The van der Waals surface area contributed by atoms with Gasteiger partial charge in [-0.1, -0.05) is 0 Å². The highest BCUT2D eigenvalue weighted by atomic mass is 32.2. The van der Waals surface area contributed by atoms with Gasteiger partial charge in [-0.25, -0.2) is 4.79 Å². The molecular formula is C8H14N2O3S. The zero-order valence-corrected chi connectivity index (χ0v) is 8.79. The van der Waals surface area contributed by atoms with Crippen molar-refractivity contribution in [2.45, 2.75) is 19.0 Å². The quantitative estimate of drug-likeness (QED) is 0.644. The Balaban J connectivity index is 2.72. The minimum atomic E-state index is -0.953. The number of rotatable bonds is 2. The lowest BCUT2D eigenvalue weighted by atomic mass is 10.2. The second-order valence-corrected chi connectivity index (χ2v) is 4.40. The van der Waals surface area contributed by atoms with Crippen molar-refractivity contribution >= 4 is 23.6 Å². The molecule has 0 radical (unpaired) electrons. The Morgan fingerprint density at radius 3 is 2.79 bits per heavy atom. The highest BCUT2D eigenvalue weighted by Gasteiger charge is 2.33. The topological polar surface area (TPSA) is 83.6 Å². The molecule has 1 amide bonds. The van der Waals surface area contributed by atoms with Gasteiger partial charge < -0.3 is 15.7 Å². The smallest absolute Gasteiger partial charge is 0.327 e. The van der Waals surface area contributed by atoms with Gasteiger partial charge in [0, 0.05) is 18.1 Å². The molecule has 0 aromatic heterocycles. The Labute approximate surface area is 86.6 Å². The predicted octanol–water partition coefficient (Wildman–Crippen LogP) is -0.638. The number of thioether (sulfide) groups is 1. The zero-order chi connectivity index (χ0) is 10.7. The maximum Gasteiger partial charge on any atom is 0.327 e. The third-order valence-electron chi connectivity index (χ3n) is 2.09. The molecule has 2 atom stereocenters. The van der Waals surface area contributed by atoms with Crippen LogP contribution in [-0.2, 0) is 9.59 Å². The lowest BCUT2D eigenvalue weighted by Gasteiger charge is -2.33. The van der Waals surface area contributed by atoms with E-state index in [9.17, 15) is 9.59 Å². The summed E-state index contributed by atoms with van der Waals surface area (Å²) in [6.45, 7) is 2.05. The molecule has 1 heterocycles. The molecule has 1 fully saturated rings. The van der Waals surface area contributed by atoms with E-state index in [1.54, 1.807) is 18.7 Å². The first-order valence-corrected chi connectivity index (χ1v) is 5.56. The van der Waals surface area contributed by atoms with Crippen molar-refractivity contribution < 1.29 is 14.7 Å². The van der Waals surface area contributed by atoms with Gasteiger partial charge in [0.2, 0.25) is 5.91 Å². The summed E-state index contributed by atoms with van der Waals surface area (Å²) in [6, 6.07) is -1.34. The number of hydrogen-bond donors (Lipinski definition) is 2. The maximum absolute atomic E-state index is 11.5. The summed E-state index contributed by atoms with van der Waals surface area (Å²) in [4.78, 5) is 23.7. The molecule has 1 aliphatic heterocycles. The van der Waals surface area contributed by atoms with Crippen molar-refractivity contribution in [3.63, 3.8) is 0 Å². The van der Waals surface area contributed by atoms with Gasteiger partial charge in [-0.05, 0) is 6.92 Å². The van der Waals surface area contributed by atoms with E-state index in [-0.39, 0.29) is 5.91 Å². The number of nitrogens with zero attached hydrogens (tertiary/aromatic N) is 1. The van der Waals surface area contributed by atoms with Crippen LogP contribution in [0, 0.1) is 0 Å². The minimum absolute atomic E-state index is 0.280. The fourth-order valence-corrected chi connectivity index (χ4v) is 2.37. The van der Waals surface area contributed by atoms with E-state index in [0.717, 1.165) is 5.75 Å². The van der Waals surface area contributed by atoms with E-state index in [1.165, 1.54) is 4.90 Å². The Hall–Kier alpha value is -0.750. The monoisotopic (exact) mass is 218 g/mol. The molecule has 0 bridgehead atoms. The molecule has 0 aromatic carbocycles. The molecule has 5 nitrogen and oxygen atoms in total. The second kappa shape index (κ2) is 4.65. The fourth-order valence-electron chi connectivity index (χ4n) is 1.33. The van der Waals surface area contributed by atoms with Gasteiger partial charge in [-0.3, -0.25) is 4.79 Å². The van der Waals surface area contributed by atoms with Gasteiger partial charge in [0.25, 0.3) is 0 Å². The summed E-state index contributed by atoms with van der Waals surface area (Å²) in [5.74, 6) is -0.000324. The normalized spacial score (nSPS) is 24.4. The fraction of sp³-hybridized carbons (Fsp3) is 0.750. The third-order valence-corrected chi connectivity index (χ3v) is 3.11. The van der Waals surface area contributed by atoms with Gasteiger partial charge >= 0.3 is 5.97 Å². The first-order valence-electron chi connectivity index (χ1n) is 4.40. The maximum atomic E-state index is 11.5. The van der Waals surface area contributed by atoms with E-state index in [1.807, 2.05) is 0 Å². The van der Waals surface area contributed by atoms with Crippen LogP contribution in [0.15, 0.2) is 0 Å². The van der Waals surface area contributed by atoms with Gasteiger partial charge in [-0.2, -0.15) is 11.8 Å². The van der Waals surface area contributed by atoms with E-state index >= 15 is 0 Å². The Morgan fingerprint density at radius 1 is 1.64 bits per heavy atom. The molecule has 1 saturated heterocycles. The van der Waals surface area contributed by atoms with Crippen LogP contribution in [0.5, 0.6) is 0 Å². The van der Waals surface area contributed by atoms with Gasteiger partial charge in [0.15, 0.2) is 0 Å². The number of carboxylic acids is 1. The van der Waals surface area contributed by atoms with Gasteiger partial charge in [-0.15, -0.1) is 0 Å². The van der Waals surface area contributed by atoms with Crippen LogP contribution in [-0.4, -0.2) is 52.0 Å². The van der Waals surface area contributed by atoms with Crippen molar-refractivity contribution in [3.05, 3.63) is 0 Å². The first-order chi connectivity index (χ1) is 6.54. The average molecular weight is 218 g/mol. The predicted molar refractivity (Wildman–Crippen MR) is 54.1 cm³/mol. The molecule has 3 N–H and O–H groups in total. The molecule has 0 spiro atoms. The van der Waals surface area contributed by atoms with Crippen LogP contribution in [0.2, 0.25) is 0 Å². The summed E-state index contributed by atoms with van der Waals surface area (Å²) >= 11 is 1.55. The van der Waals surface area contributed by atoms with Gasteiger partial charge in [0.1, 0.15) is 6.04 Å².